The third-order valence-corrected chi connectivity index (χ3v) is 4.14. The molecule has 0 bridgehead atoms. The first kappa shape index (κ1) is 18.7. The summed E-state index contributed by atoms with van der Waals surface area (Å²) in [4.78, 5) is 23.4. The number of hydrogen-bond acceptors (Lipinski definition) is 4. The van der Waals surface area contributed by atoms with Gasteiger partial charge in [-0.1, -0.05) is 15.9 Å². The quantitative estimate of drug-likeness (QED) is 0.548. The van der Waals surface area contributed by atoms with Gasteiger partial charge in [-0.15, -0.1) is 0 Å². The predicted octanol–water partition coefficient (Wildman–Crippen LogP) is 3.76. The molecule has 0 unspecified atom stereocenters. The van der Waals surface area contributed by atoms with E-state index in [0.717, 1.165) is 4.47 Å². The summed E-state index contributed by atoms with van der Waals surface area (Å²) in [7, 11) is 0. The van der Waals surface area contributed by atoms with Crippen molar-refractivity contribution in [3.63, 3.8) is 0 Å². The van der Waals surface area contributed by atoms with E-state index < -0.39 is 0 Å². The van der Waals surface area contributed by atoms with Crippen molar-refractivity contribution in [2.45, 2.75) is 13.3 Å². The number of amides is 1. The molecule has 1 amide bonds. The van der Waals surface area contributed by atoms with Gasteiger partial charge in [0.1, 0.15) is 6.07 Å². The lowest BCUT2D eigenvalue weighted by molar-refractivity contribution is 0.0952. The van der Waals surface area contributed by atoms with E-state index in [1.807, 2.05) is 12.1 Å². The van der Waals surface area contributed by atoms with Crippen LogP contribution >= 0.6 is 15.9 Å². The Labute approximate surface area is 155 Å². The SMILES string of the molecule is CC(=O)c1ccc(C#N)c(NCCCNC(=O)c2ccc(Br)cc2)c1. The summed E-state index contributed by atoms with van der Waals surface area (Å²) in [5, 5.41) is 15.1. The van der Waals surface area contributed by atoms with Crippen molar-refractivity contribution in [2.75, 3.05) is 18.4 Å². The van der Waals surface area contributed by atoms with E-state index >= 15 is 0 Å². The molecule has 6 heteroatoms. The van der Waals surface area contributed by atoms with Crippen molar-refractivity contribution in [3.05, 3.63) is 63.6 Å². The third kappa shape index (κ3) is 5.44. The summed E-state index contributed by atoms with van der Waals surface area (Å²) in [5.41, 5.74) is 2.29. The first-order valence-electron chi connectivity index (χ1n) is 7.84. The van der Waals surface area contributed by atoms with Crippen LogP contribution in [0.25, 0.3) is 0 Å². The summed E-state index contributed by atoms with van der Waals surface area (Å²) in [5.74, 6) is -0.168. The predicted molar refractivity (Wildman–Crippen MR) is 101 cm³/mol. The monoisotopic (exact) mass is 399 g/mol. The van der Waals surface area contributed by atoms with Crippen molar-refractivity contribution >= 4 is 33.3 Å². The largest absolute Gasteiger partial charge is 0.384 e. The molecule has 5 nitrogen and oxygen atoms in total. The zero-order valence-corrected chi connectivity index (χ0v) is 15.4. The van der Waals surface area contributed by atoms with Crippen LogP contribution in [0.2, 0.25) is 0 Å². The minimum Gasteiger partial charge on any atom is -0.384 e. The molecule has 128 valence electrons. The van der Waals surface area contributed by atoms with E-state index in [1.54, 1.807) is 30.3 Å². The number of hydrogen-bond donors (Lipinski definition) is 2. The second-order valence-electron chi connectivity index (χ2n) is 5.47. The summed E-state index contributed by atoms with van der Waals surface area (Å²) >= 11 is 3.33. The van der Waals surface area contributed by atoms with E-state index in [0.29, 0.717) is 41.9 Å². The molecule has 0 saturated carbocycles. The highest BCUT2D eigenvalue weighted by molar-refractivity contribution is 9.10. The van der Waals surface area contributed by atoms with Crippen LogP contribution in [0.5, 0.6) is 0 Å². The van der Waals surface area contributed by atoms with E-state index in [2.05, 4.69) is 32.6 Å². The molecular weight excluding hydrogens is 382 g/mol. The highest BCUT2D eigenvalue weighted by atomic mass is 79.9. The number of carbonyl (C=O) groups is 2. The Kier molecular flexibility index (Phi) is 6.72. The van der Waals surface area contributed by atoms with Crippen molar-refractivity contribution in [2.24, 2.45) is 0 Å². The first-order valence-corrected chi connectivity index (χ1v) is 8.63. The molecule has 2 aromatic rings. The van der Waals surface area contributed by atoms with Crippen molar-refractivity contribution in [3.8, 4) is 6.07 Å². The lowest BCUT2D eigenvalue weighted by Crippen LogP contribution is -2.25. The fourth-order valence-corrected chi connectivity index (χ4v) is 2.49. The molecule has 0 heterocycles. The molecule has 0 fully saturated rings. The smallest absolute Gasteiger partial charge is 0.251 e. The van der Waals surface area contributed by atoms with Gasteiger partial charge in [-0.2, -0.15) is 5.26 Å². The number of carbonyl (C=O) groups excluding carboxylic acids is 2. The Hall–Kier alpha value is -2.65. The van der Waals surface area contributed by atoms with Gasteiger partial charge >= 0.3 is 0 Å². The number of halogens is 1. The Balaban J connectivity index is 1.82. The van der Waals surface area contributed by atoms with E-state index in [4.69, 9.17) is 5.26 Å². The van der Waals surface area contributed by atoms with Crippen LogP contribution in [0.4, 0.5) is 5.69 Å². The number of Topliss-reactive ketones (excluding diaryl/α,β-unsaturated/α-hetero) is 1. The average Bonchev–Trinajstić information content (AvgIpc) is 2.61. The molecule has 0 aromatic heterocycles. The number of nitrogens with zero attached hydrogens (tertiary/aromatic N) is 1. The summed E-state index contributed by atoms with van der Waals surface area (Å²) in [6.45, 7) is 2.58. The molecule has 0 aliphatic carbocycles. The van der Waals surface area contributed by atoms with Gasteiger partial charge in [-0.25, -0.2) is 0 Å². The normalized spacial score (nSPS) is 9.96. The van der Waals surface area contributed by atoms with Crippen LogP contribution < -0.4 is 10.6 Å². The Bertz CT molecular complexity index is 810. The molecule has 25 heavy (non-hydrogen) atoms. The number of nitrogens with one attached hydrogen (secondary N) is 2. The second kappa shape index (κ2) is 9.00. The van der Waals surface area contributed by atoms with Gasteiger partial charge in [-0.05, 0) is 55.8 Å². The molecule has 0 atom stereocenters. The minimum atomic E-state index is -0.121. The number of anilines is 1. The zero-order valence-electron chi connectivity index (χ0n) is 13.8. The van der Waals surface area contributed by atoms with Crippen molar-refractivity contribution in [1.29, 1.82) is 5.26 Å². The molecule has 0 radical (unpaired) electrons. The molecule has 0 saturated heterocycles. The van der Waals surface area contributed by atoms with Crippen LogP contribution in [-0.2, 0) is 0 Å². The number of ketones is 1. The Morgan fingerprint density at radius 1 is 1.08 bits per heavy atom. The van der Waals surface area contributed by atoms with Gasteiger partial charge in [0, 0.05) is 28.7 Å². The lowest BCUT2D eigenvalue weighted by Gasteiger charge is -2.10. The summed E-state index contributed by atoms with van der Waals surface area (Å²) in [6, 6.07) is 14.2. The maximum atomic E-state index is 12.0. The fraction of sp³-hybridized carbons (Fsp3) is 0.211. The van der Waals surface area contributed by atoms with Gasteiger partial charge in [0.2, 0.25) is 0 Å². The molecular formula is C19H18BrN3O2. The number of nitriles is 1. The van der Waals surface area contributed by atoms with Crippen LogP contribution in [0.15, 0.2) is 46.9 Å². The van der Waals surface area contributed by atoms with Crippen molar-refractivity contribution in [1.82, 2.24) is 5.32 Å². The molecule has 2 aromatic carbocycles. The van der Waals surface area contributed by atoms with Gasteiger partial charge < -0.3 is 10.6 Å². The number of rotatable bonds is 7. The molecule has 0 spiro atoms. The van der Waals surface area contributed by atoms with E-state index in [1.165, 1.54) is 6.92 Å². The molecule has 2 N–H and O–H groups in total. The van der Waals surface area contributed by atoms with Crippen LogP contribution in [0, 0.1) is 11.3 Å². The second-order valence-corrected chi connectivity index (χ2v) is 6.39. The van der Waals surface area contributed by atoms with Crippen LogP contribution in [0.3, 0.4) is 0 Å². The van der Waals surface area contributed by atoms with Gasteiger partial charge in [-0.3, -0.25) is 9.59 Å². The molecule has 0 aliphatic rings. The minimum absolute atomic E-state index is 0.0469. The Morgan fingerprint density at radius 3 is 2.40 bits per heavy atom. The first-order chi connectivity index (χ1) is 12.0. The van der Waals surface area contributed by atoms with E-state index in [9.17, 15) is 9.59 Å². The summed E-state index contributed by atoms with van der Waals surface area (Å²) in [6.07, 6.45) is 0.692. The topological polar surface area (TPSA) is 82.0 Å². The van der Waals surface area contributed by atoms with Crippen molar-refractivity contribution < 1.29 is 9.59 Å². The number of benzene rings is 2. The highest BCUT2D eigenvalue weighted by Gasteiger charge is 2.07. The van der Waals surface area contributed by atoms with Gasteiger partial charge in [0.25, 0.3) is 5.91 Å². The molecule has 0 aliphatic heterocycles. The van der Waals surface area contributed by atoms with Gasteiger partial charge in [0.05, 0.1) is 11.3 Å². The maximum absolute atomic E-state index is 12.0. The highest BCUT2D eigenvalue weighted by Crippen LogP contribution is 2.17. The zero-order chi connectivity index (χ0) is 18.2. The average molecular weight is 400 g/mol. The van der Waals surface area contributed by atoms with Crippen LogP contribution in [0.1, 0.15) is 39.6 Å². The fourth-order valence-electron chi connectivity index (χ4n) is 2.22. The van der Waals surface area contributed by atoms with E-state index in [-0.39, 0.29) is 11.7 Å². The lowest BCUT2D eigenvalue weighted by atomic mass is 10.1. The van der Waals surface area contributed by atoms with Gasteiger partial charge in [0.15, 0.2) is 5.78 Å². The maximum Gasteiger partial charge on any atom is 0.251 e. The summed E-state index contributed by atoms with van der Waals surface area (Å²) < 4.78 is 0.925. The standard InChI is InChI=1S/C19H18BrN3O2/c1-13(24)15-3-4-16(12-21)18(11-15)22-9-2-10-23-19(25)14-5-7-17(20)8-6-14/h3-8,11,22H,2,9-10H2,1H3,(H,23,25). The Morgan fingerprint density at radius 2 is 1.76 bits per heavy atom. The third-order valence-electron chi connectivity index (χ3n) is 3.61. The molecule has 2 rings (SSSR count). The van der Waals surface area contributed by atoms with Crippen LogP contribution in [-0.4, -0.2) is 24.8 Å².